The Balaban J connectivity index is 1.68. The van der Waals surface area contributed by atoms with Crippen molar-refractivity contribution < 1.29 is 5.11 Å². The molecule has 2 heterocycles. The number of aliphatic hydroxyl groups excluding tert-OH is 1. The summed E-state index contributed by atoms with van der Waals surface area (Å²) in [6.07, 6.45) is 7.10. The zero-order valence-corrected chi connectivity index (χ0v) is 16.2. The highest BCUT2D eigenvalue weighted by molar-refractivity contribution is 7.25. The van der Waals surface area contributed by atoms with Gasteiger partial charge in [0.1, 0.15) is 17.0 Å². The Labute approximate surface area is 158 Å². The number of hydrogen-bond acceptors (Lipinski definition) is 6. The summed E-state index contributed by atoms with van der Waals surface area (Å²) in [5, 5.41) is 15.5. The maximum Gasteiger partial charge on any atom is 0.139 e. The van der Waals surface area contributed by atoms with E-state index in [0.717, 1.165) is 16.0 Å². The Hall–Kier alpha value is -1.76. The van der Waals surface area contributed by atoms with E-state index >= 15 is 0 Å². The molecule has 0 spiro atoms. The molecule has 3 aromatic rings. The minimum atomic E-state index is 0.154. The molecule has 6 heteroatoms. The minimum absolute atomic E-state index is 0.154. The lowest BCUT2D eigenvalue weighted by molar-refractivity contribution is 0.221. The second-order valence-corrected chi connectivity index (χ2v) is 8.41. The van der Waals surface area contributed by atoms with E-state index in [2.05, 4.69) is 52.5 Å². The van der Waals surface area contributed by atoms with Crippen LogP contribution in [0.1, 0.15) is 31.2 Å². The summed E-state index contributed by atoms with van der Waals surface area (Å²) in [4.78, 5) is 12.5. The summed E-state index contributed by atoms with van der Waals surface area (Å²) in [5.41, 5.74) is 1.17. The van der Waals surface area contributed by atoms with Crippen LogP contribution in [-0.4, -0.2) is 52.8 Å². The molecule has 0 bridgehead atoms. The van der Waals surface area contributed by atoms with Crippen LogP contribution < -0.4 is 5.32 Å². The number of nitrogens with zero attached hydrogens (tertiary/aromatic N) is 3. The van der Waals surface area contributed by atoms with Crippen molar-refractivity contribution in [2.45, 2.75) is 44.2 Å². The lowest BCUT2D eigenvalue weighted by atomic mass is 9.90. The Kier molecular flexibility index (Phi) is 5.07. The van der Waals surface area contributed by atoms with E-state index < -0.39 is 0 Å². The molecule has 0 amide bonds. The second-order valence-electron chi connectivity index (χ2n) is 7.38. The molecule has 5 nitrogen and oxygen atoms in total. The molecule has 4 rings (SSSR count). The fourth-order valence-corrected chi connectivity index (χ4v) is 5.18. The maximum atomic E-state index is 9.44. The predicted octanol–water partition coefficient (Wildman–Crippen LogP) is 3.66. The van der Waals surface area contributed by atoms with Crippen molar-refractivity contribution in [3.05, 3.63) is 30.1 Å². The fourth-order valence-electron chi connectivity index (χ4n) is 4.09. The summed E-state index contributed by atoms with van der Waals surface area (Å²) in [7, 11) is 4.35. The monoisotopic (exact) mass is 370 g/mol. The van der Waals surface area contributed by atoms with E-state index in [1.54, 1.807) is 17.7 Å². The standard InChI is InChI=1S/C20H26N4OS/c1-24(2)15-8-6-14(7-9-15)23-19-18-17-13(10-11-25)4-3-5-16(17)26-20(18)22-12-21-19/h3-5,12,14-15,25H,6-11H2,1-2H3,(H,21,22,23)/t14-,15-. The molecule has 0 aliphatic heterocycles. The van der Waals surface area contributed by atoms with Crippen molar-refractivity contribution in [3.63, 3.8) is 0 Å². The van der Waals surface area contributed by atoms with E-state index in [4.69, 9.17) is 0 Å². The molecule has 1 aromatic carbocycles. The molecule has 1 fully saturated rings. The molecule has 1 aliphatic rings. The number of anilines is 1. The summed E-state index contributed by atoms with van der Waals surface area (Å²) in [6, 6.07) is 7.45. The van der Waals surface area contributed by atoms with Gasteiger partial charge in [-0.25, -0.2) is 9.97 Å². The van der Waals surface area contributed by atoms with Crippen LogP contribution >= 0.6 is 11.3 Å². The molecule has 26 heavy (non-hydrogen) atoms. The Morgan fingerprint density at radius 1 is 1.15 bits per heavy atom. The van der Waals surface area contributed by atoms with Crippen LogP contribution in [0.4, 0.5) is 5.82 Å². The molecule has 0 saturated heterocycles. The maximum absolute atomic E-state index is 9.44. The molecular formula is C20H26N4OS. The average molecular weight is 371 g/mol. The van der Waals surface area contributed by atoms with Crippen LogP contribution in [0.2, 0.25) is 0 Å². The first kappa shape index (κ1) is 17.6. The second kappa shape index (κ2) is 7.47. The van der Waals surface area contributed by atoms with Gasteiger partial charge in [0.05, 0.1) is 5.39 Å². The van der Waals surface area contributed by atoms with Crippen LogP contribution in [0, 0.1) is 0 Å². The third kappa shape index (κ3) is 3.29. The van der Waals surface area contributed by atoms with Gasteiger partial charge >= 0.3 is 0 Å². The van der Waals surface area contributed by atoms with Crippen molar-refractivity contribution >= 4 is 37.5 Å². The molecule has 1 saturated carbocycles. The van der Waals surface area contributed by atoms with Gasteiger partial charge in [0.25, 0.3) is 0 Å². The van der Waals surface area contributed by atoms with Crippen molar-refractivity contribution in [1.29, 1.82) is 0 Å². The van der Waals surface area contributed by atoms with Crippen LogP contribution in [0.25, 0.3) is 20.3 Å². The van der Waals surface area contributed by atoms with Crippen molar-refractivity contribution in [2.75, 3.05) is 26.0 Å². The SMILES string of the molecule is CN(C)[C@H]1CC[C@H](Nc2ncnc3sc4cccc(CCO)c4c23)CC1. The summed E-state index contributed by atoms with van der Waals surface area (Å²) < 4.78 is 1.21. The van der Waals surface area contributed by atoms with Gasteiger partial charge in [0.15, 0.2) is 0 Å². The molecule has 2 aromatic heterocycles. The highest BCUT2D eigenvalue weighted by atomic mass is 32.1. The zero-order chi connectivity index (χ0) is 18.1. The third-order valence-electron chi connectivity index (χ3n) is 5.53. The van der Waals surface area contributed by atoms with E-state index in [1.165, 1.54) is 41.3 Å². The van der Waals surface area contributed by atoms with Crippen LogP contribution in [0.15, 0.2) is 24.5 Å². The van der Waals surface area contributed by atoms with Crippen molar-refractivity contribution in [1.82, 2.24) is 14.9 Å². The van der Waals surface area contributed by atoms with Crippen molar-refractivity contribution in [2.24, 2.45) is 0 Å². The molecular weight excluding hydrogens is 344 g/mol. The summed E-state index contributed by atoms with van der Waals surface area (Å²) in [6.45, 7) is 0.154. The van der Waals surface area contributed by atoms with E-state index in [1.807, 2.05) is 0 Å². The van der Waals surface area contributed by atoms with Crippen LogP contribution in [0.5, 0.6) is 0 Å². The lowest BCUT2D eigenvalue weighted by Crippen LogP contribution is -2.36. The minimum Gasteiger partial charge on any atom is -0.396 e. The van der Waals surface area contributed by atoms with Gasteiger partial charge in [-0.05, 0) is 57.8 Å². The van der Waals surface area contributed by atoms with Gasteiger partial charge in [0.2, 0.25) is 0 Å². The predicted molar refractivity (Wildman–Crippen MR) is 109 cm³/mol. The Morgan fingerprint density at radius 3 is 2.69 bits per heavy atom. The number of aromatic nitrogens is 2. The topological polar surface area (TPSA) is 61.3 Å². The fraction of sp³-hybridized carbons (Fsp3) is 0.500. The van der Waals surface area contributed by atoms with Gasteiger partial charge in [-0.1, -0.05) is 12.1 Å². The van der Waals surface area contributed by atoms with E-state index in [9.17, 15) is 5.11 Å². The number of aliphatic hydroxyl groups is 1. The van der Waals surface area contributed by atoms with Gasteiger partial charge in [-0.3, -0.25) is 0 Å². The molecule has 0 radical (unpaired) electrons. The van der Waals surface area contributed by atoms with Gasteiger partial charge < -0.3 is 15.3 Å². The molecule has 1 aliphatic carbocycles. The Bertz CT molecular complexity index is 899. The van der Waals surface area contributed by atoms with E-state index in [0.29, 0.717) is 18.5 Å². The van der Waals surface area contributed by atoms with Crippen molar-refractivity contribution in [3.8, 4) is 0 Å². The number of rotatable bonds is 5. The number of hydrogen-bond donors (Lipinski definition) is 2. The third-order valence-corrected chi connectivity index (χ3v) is 6.59. The number of benzene rings is 1. The molecule has 0 atom stereocenters. The quantitative estimate of drug-likeness (QED) is 0.718. The highest BCUT2D eigenvalue weighted by Crippen LogP contribution is 2.38. The highest BCUT2D eigenvalue weighted by Gasteiger charge is 2.24. The first-order chi connectivity index (χ1) is 12.7. The number of thiophene rings is 1. The number of fused-ring (bicyclic) bond motifs is 3. The van der Waals surface area contributed by atoms with Crippen LogP contribution in [0.3, 0.4) is 0 Å². The first-order valence-corrected chi connectivity index (χ1v) is 10.2. The first-order valence-electron chi connectivity index (χ1n) is 9.36. The number of nitrogens with one attached hydrogen (secondary N) is 1. The van der Waals surface area contributed by atoms with Gasteiger partial charge in [-0.2, -0.15) is 0 Å². The molecule has 2 N–H and O–H groups in total. The molecule has 0 unspecified atom stereocenters. The van der Waals surface area contributed by atoms with Gasteiger partial charge in [0, 0.05) is 28.8 Å². The summed E-state index contributed by atoms with van der Waals surface area (Å²) >= 11 is 1.70. The summed E-state index contributed by atoms with van der Waals surface area (Å²) in [5.74, 6) is 0.944. The smallest absolute Gasteiger partial charge is 0.139 e. The largest absolute Gasteiger partial charge is 0.396 e. The Morgan fingerprint density at radius 2 is 1.96 bits per heavy atom. The molecule has 138 valence electrons. The lowest BCUT2D eigenvalue weighted by Gasteiger charge is -2.33. The van der Waals surface area contributed by atoms with Crippen LogP contribution in [-0.2, 0) is 6.42 Å². The van der Waals surface area contributed by atoms with Gasteiger partial charge in [-0.15, -0.1) is 11.3 Å². The normalized spacial score (nSPS) is 20.9. The zero-order valence-electron chi connectivity index (χ0n) is 15.4. The van der Waals surface area contributed by atoms with E-state index in [-0.39, 0.29) is 6.61 Å². The average Bonchev–Trinajstić information content (AvgIpc) is 3.03.